The number of ether oxygens (including phenoxy) is 1. The van der Waals surface area contributed by atoms with Gasteiger partial charge in [0.05, 0.1) is 16.3 Å². The number of carbonyl (C=O) groups is 1. The van der Waals surface area contributed by atoms with Gasteiger partial charge in [-0.3, -0.25) is 0 Å². The lowest BCUT2D eigenvalue weighted by molar-refractivity contribution is 0.00365. The highest BCUT2D eigenvalue weighted by atomic mass is 79.9. The number of carbonyl (C=O) groups excluding carboxylic acids is 1. The van der Waals surface area contributed by atoms with E-state index in [1.54, 1.807) is 11.3 Å². The quantitative estimate of drug-likeness (QED) is 0.599. The van der Waals surface area contributed by atoms with Crippen molar-refractivity contribution in [3.8, 4) is 0 Å². The third kappa shape index (κ3) is 3.91. The van der Waals surface area contributed by atoms with E-state index in [0.29, 0.717) is 5.92 Å². The van der Waals surface area contributed by atoms with E-state index in [0.717, 1.165) is 39.1 Å². The van der Waals surface area contributed by atoms with Gasteiger partial charge < -0.3 is 9.64 Å². The van der Waals surface area contributed by atoms with Crippen LogP contribution in [0.2, 0.25) is 0 Å². The van der Waals surface area contributed by atoms with E-state index in [9.17, 15) is 4.79 Å². The van der Waals surface area contributed by atoms with Crippen molar-refractivity contribution < 1.29 is 9.53 Å². The van der Waals surface area contributed by atoms with Crippen molar-refractivity contribution >= 4 is 43.6 Å². The van der Waals surface area contributed by atoms with Gasteiger partial charge in [0.15, 0.2) is 3.92 Å². The summed E-state index contributed by atoms with van der Waals surface area (Å²) in [7, 11) is 0. The van der Waals surface area contributed by atoms with Crippen molar-refractivity contribution in [1.29, 1.82) is 0 Å². The first kappa shape index (κ1) is 17.7. The van der Waals surface area contributed by atoms with E-state index in [-0.39, 0.29) is 12.1 Å². The Kier molecular flexibility index (Phi) is 4.89. The Bertz CT molecular complexity index is 753. The van der Waals surface area contributed by atoms with E-state index in [4.69, 9.17) is 4.74 Å². The molecular weight excluding hydrogens is 388 g/mol. The maximum Gasteiger partial charge on any atom is 0.410 e. The van der Waals surface area contributed by atoms with Crippen LogP contribution in [0.5, 0.6) is 0 Å². The molecule has 1 aliphatic rings. The first-order valence-electron chi connectivity index (χ1n) is 8.28. The summed E-state index contributed by atoms with van der Waals surface area (Å²) in [5.74, 6) is 0.492. The van der Waals surface area contributed by atoms with Crippen molar-refractivity contribution in [2.75, 3.05) is 6.54 Å². The molecule has 0 aliphatic carbocycles. The molecule has 0 N–H and O–H groups in total. The van der Waals surface area contributed by atoms with E-state index in [2.05, 4.69) is 46.0 Å². The number of thiazole rings is 1. The van der Waals surface area contributed by atoms with Crippen molar-refractivity contribution in [2.45, 2.75) is 52.2 Å². The van der Waals surface area contributed by atoms with Crippen LogP contribution in [-0.2, 0) is 4.74 Å². The lowest BCUT2D eigenvalue weighted by atomic mass is 9.90. The molecule has 2 atom stereocenters. The van der Waals surface area contributed by atoms with Gasteiger partial charge in [-0.2, -0.15) is 0 Å². The molecule has 1 unspecified atom stereocenters. The fraction of sp³-hybridized carbons (Fsp3) is 0.556. The summed E-state index contributed by atoms with van der Waals surface area (Å²) in [6.07, 6.45) is 1.85. The number of halogens is 1. The Labute approximate surface area is 155 Å². The summed E-state index contributed by atoms with van der Waals surface area (Å²) in [5, 5.41) is 0. The summed E-state index contributed by atoms with van der Waals surface area (Å²) in [6, 6.07) is 6.37. The number of hydrogen-bond acceptors (Lipinski definition) is 4. The standard InChI is InChI=1S/C18H23BrN2O2S/c1-11-5-7-14(21(10-11)17(22)23-18(2,3)4)12-6-8-15-13(9-12)20-16(19)24-15/h6,8-9,11,14H,5,7,10H2,1-4H3/t11?,14-/m0/s1. The van der Waals surface area contributed by atoms with Crippen molar-refractivity contribution in [3.05, 3.63) is 27.7 Å². The number of rotatable bonds is 1. The topological polar surface area (TPSA) is 42.4 Å². The highest BCUT2D eigenvalue weighted by molar-refractivity contribution is 9.11. The molecule has 2 heterocycles. The number of nitrogens with zero attached hydrogens (tertiary/aromatic N) is 2. The number of aromatic nitrogens is 1. The third-order valence-electron chi connectivity index (χ3n) is 4.22. The molecule has 6 heteroatoms. The van der Waals surface area contributed by atoms with Crippen LogP contribution >= 0.6 is 27.3 Å². The predicted octanol–water partition coefficient (Wildman–Crippen LogP) is 5.77. The molecule has 24 heavy (non-hydrogen) atoms. The van der Waals surface area contributed by atoms with Gasteiger partial charge in [0.2, 0.25) is 0 Å². The minimum atomic E-state index is -0.480. The smallest absolute Gasteiger partial charge is 0.410 e. The van der Waals surface area contributed by atoms with Gasteiger partial charge in [-0.15, -0.1) is 11.3 Å². The zero-order valence-electron chi connectivity index (χ0n) is 14.5. The summed E-state index contributed by atoms with van der Waals surface area (Å²) >= 11 is 5.07. The fourth-order valence-corrected chi connectivity index (χ4v) is 4.53. The monoisotopic (exact) mass is 410 g/mol. The van der Waals surface area contributed by atoms with Gasteiger partial charge in [0.25, 0.3) is 0 Å². The Morgan fingerprint density at radius 3 is 2.83 bits per heavy atom. The molecule has 0 bridgehead atoms. The lowest BCUT2D eigenvalue weighted by Crippen LogP contribution is -2.44. The van der Waals surface area contributed by atoms with Crippen molar-refractivity contribution in [3.63, 3.8) is 0 Å². The molecule has 1 aliphatic heterocycles. The molecule has 0 radical (unpaired) electrons. The van der Waals surface area contributed by atoms with Crippen LogP contribution in [0.4, 0.5) is 4.79 Å². The molecule has 2 aromatic rings. The van der Waals surface area contributed by atoms with Crippen LogP contribution in [-0.4, -0.2) is 28.1 Å². The summed E-state index contributed by atoms with van der Waals surface area (Å²) in [5.41, 5.74) is 1.64. The second-order valence-electron chi connectivity index (χ2n) is 7.53. The molecule has 130 valence electrons. The fourth-order valence-electron chi connectivity index (χ4n) is 3.15. The highest BCUT2D eigenvalue weighted by Crippen LogP contribution is 2.36. The van der Waals surface area contributed by atoms with Crippen LogP contribution in [0.1, 0.15) is 52.1 Å². The van der Waals surface area contributed by atoms with Gasteiger partial charge in [-0.25, -0.2) is 9.78 Å². The maximum atomic E-state index is 12.7. The number of fused-ring (bicyclic) bond motifs is 1. The number of amides is 1. The first-order valence-corrected chi connectivity index (χ1v) is 9.89. The molecule has 4 nitrogen and oxygen atoms in total. The second-order valence-corrected chi connectivity index (χ2v) is 9.83. The Hall–Kier alpha value is -1.14. The molecule has 1 aromatic carbocycles. The predicted molar refractivity (Wildman–Crippen MR) is 101 cm³/mol. The van der Waals surface area contributed by atoms with Crippen LogP contribution in [0.15, 0.2) is 22.1 Å². The second kappa shape index (κ2) is 6.64. The average molecular weight is 411 g/mol. The van der Waals surface area contributed by atoms with Gasteiger partial charge in [0.1, 0.15) is 5.60 Å². The van der Waals surface area contributed by atoms with Crippen LogP contribution in [0, 0.1) is 5.92 Å². The van der Waals surface area contributed by atoms with E-state index >= 15 is 0 Å². The Balaban J connectivity index is 1.90. The molecule has 1 saturated heterocycles. The number of hydrogen-bond donors (Lipinski definition) is 0. The number of piperidine rings is 1. The maximum absolute atomic E-state index is 12.7. The SMILES string of the molecule is CC1CC[C@@H](c2ccc3sc(Br)nc3c2)N(C(=O)OC(C)(C)C)C1. The molecule has 3 rings (SSSR count). The average Bonchev–Trinajstić information content (AvgIpc) is 2.84. The molecule has 1 fully saturated rings. The molecule has 0 spiro atoms. The van der Waals surface area contributed by atoms with E-state index < -0.39 is 5.60 Å². The van der Waals surface area contributed by atoms with Crippen LogP contribution in [0.3, 0.4) is 0 Å². The van der Waals surface area contributed by atoms with Gasteiger partial charge in [-0.05, 0) is 73.2 Å². The molecule has 0 saturated carbocycles. The summed E-state index contributed by atoms with van der Waals surface area (Å²) in [4.78, 5) is 19.1. The van der Waals surface area contributed by atoms with Gasteiger partial charge >= 0.3 is 6.09 Å². The summed E-state index contributed by atoms with van der Waals surface area (Å²) in [6.45, 7) is 8.65. The largest absolute Gasteiger partial charge is 0.444 e. The lowest BCUT2D eigenvalue weighted by Gasteiger charge is -2.39. The Morgan fingerprint density at radius 2 is 2.12 bits per heavy atom. The first-order chi connectivity index (χ1) is 11.2. The van der Waals surface area contributed by atoms with E-state index in [1.165, 1.54) is 0 Å². The zero-order chi connectivity index (χ0) is 17.5. The molecule has 1 amide bonds. The van der Waals surface area contributed by atoms with E-state index in [1.807, 2.05) is 25.7 Å². The molecular formula is C18H23BrN2O2S. The zero-order valence-corrected chi connectivity index (χ0v) is 16.9. The van der Waals surface area contributed by atoms with Gasteiger partial charge in [-0.1, -0.05) is 13.0 Å². The van der Waals surface area contributed by atoms with Crippen LogP contribution in [0.25, 0.3) is 10.2 Å². The molecule has 1 aromatic heterocycles. The van der Waals surface area contributed by atoms with Crippen molar-refractivity contribution in [1.82, 2.24) is 9.88 Å². The number of benzene rings is 1. The normalized spacial score (nSPS) is 22.0. The Morgan fingerprint density at radius 1 is 1.38 bits per heavy atom. The highest BCUT2D eigenvalue weighted by Gasteiger charge is 2.34. The van der Waals surface area contributed by atoms with Crippen molar-refractivity contribution in [2.24, 2.45) is 5.92 Å². The summed E-state index contributed by atoms with van der Waals surface area (Å²) < 4.78 is 7.67. The minimum Gasteiger partial charge on any atom is -0.444 e. The third-order valence-corrected chi connectivity index (χ3v) is 5.70. The number of likely N-dealkylation sites (tertiary alicyclic amines) is 1. The van der Waals surface area contributed by atoms with Crippen LogP contribution < -0.4 is 0 Å². The van der Waals surface area contributed by atoms with Gasteiger partial charge in [0, 0.05) is 6.54 Å². The minimum absolute atomic E-state index is 0.0564.